The van der Waals surface area contributed by atoms with Gasteiger partial charge in [0, 0.05) is 18.8 Å². The molecule has 0 amide bonds. The third-order valence-electron chi connectivity index (χ3n) is 6.45. The molecule has 1 fully saturated rings. The highest BCUT2D eigenvalue weighted by molar-refractivity contribution is 5.69. The number of rotatable bonds is 3. The van der Waals surface area contributed by atoms with E-state index in [1.807, 2.05) is 12.1 Å². The Bertz CT molecular complexity index is 810. The Kier molecular flexibility index (Phi) is 5.04. The number of likely N-dealkylation sites (tertiary alicyclic amines) is 1. The summed E-state index contributed by atoms with van der Waals surface area (Å²) in [4.78, 5) is 7.37. The van der Waals surface area contributed by atoms with Crippen LogP contribution in [0.3, 0.4) is 0 Å². The number of hydrogen-bond donors (Lipinski definition) is 1. The fourth-order valence-corrected chi connectivity index (χ4v) is 4.60. The highest BCUT2D eigenvalue weighted by atomic mass is 19.1. The second kappa shape index (κ2) is 7.33. The van der Waals surface area contributed by atoms with Gasteiger partial charge in [-0.25, -0.2) is 4.39 Å². The van der Waals surface area contributed by atoms with Gasteiger partial charge >= 0.3 is 0 Å². The first-order chi connectivity index (χ1) is 13.0. The van der Waals surface area contributed by atoms with E-state index in [0.717, 1.165) is 61.4 Å². The molecule has 1 aliphatic heterocycles. The molecule has 1 aromatic heterocycles. The third-order valence-corrected chi connectivity index (χ3v) is 6.45. The van der Waals surface area contributed by atoms with Crippen LogP contribution in [0.1, 0.15) is 62.4 Å². The molecule has 0 radical (unpaired) electrons. The molecule has 1 aliphatic carbocycles. The Labute approximate surface area is 161 Å². The maximum atomic E-state index is 13.4. The zero-order chi connectivity index (χ0) is 19.0. The first kappa shape index (κ1) is 18.6. The average molecular weight is 368 g/mol. The van der Waals surface area contributed by atoms with Crippen molar-refractivity contribution in [3.63, 3.8) is 0 Å². The summed E-state index contributed by atoms with van der Waals surface area (Å²) in [5, 5.41) is 11.4. The Morgan fingerprint density at radius 2 is 1.93 bits per heavy atom. The highest BCUT2D eigenvalue weighted by Gasteiger charge is 2.36. The van der Waals surface area contributed by atoms with Gasteiger partial charge in [0.15, 0.2) is 0 Å². The molecule has 2 aromatic rings. The Morgan fingerprint density at radius 3 is 2.59 bits per heavy atom. The van der Waals surface area contributed by atoms with E-state index < -0.39 is 5.60 Å². The summed E-state index contributed by atoms with van der Waals surface area (Å²) in [6, 6.07) is 8.80. The third kappa shape index (κ3) is 3.53. The minimum atomic E-state index is -0.868. The van der Waals surface area contributed by atoms with E-state index in [9.17, 15) is 9.50 Å². The topological polar surface area (TPSA) is 36.4 Å². The van der Waals surface area contributed by atoms with Crippen LogP contribution in [-0.2, 0) is 12.0 Å². The van der Waals surface area contributed by atoms with Crippen molar-refractivity contribution in [3.8, 4) is 11.1 Å². The second-order valence-electron chi connectivity index (χ2n) is 8.18. The minimum absolute atomic E-state index is 0.221. The zero-order valence-corrected chi connectivity index (χ0v) is 16.3. The number of benzene rings is 1. The summed E-state index contributed by atoms with van der Waals surface area (Å²) in [6.07, 6.45) is 4.71. The number of hydrogen-bond acceptors (Lipinski definition) is 3. The molecule has 1 unspecified atom stereocenters. The minimum Gasteiger partial charge on any atom is -0.383 e. The van der Waals surface area contributed by atoms with Gasteiger partial charge in [0.2, 0.25) is 0 Å². The average Bonchev–Trinajstić information content (AvgIpc) is 2.69. The van der Waals surface area contributed by atoms with E-state index in [-0.39, 0.29) is 5.82 Å². The molecule has 4 heteroatoms. The Hall–Kier alpha value is -1.78. The predicted molar refractivity (Wildman–Crippen MR) is 106 cm³/mol. The number of nitrogens with zero attached hydrogens (tertiary/aromatic N) is 2. The van der Waals surface area contributed by atoms with E-state index in [2.05, 4.69) is 24.8 Å². The van der Waals surface area contributed by atoms with Gasteiger partial charge in [-0.2, -0.15) is 0 Å². The highest BCUT2D eigenvalue weighted by Crippen LogP contribution is 2.40. The molecular weight excluding hydrogens is 339 g/mol. The molecule has 0 spiro atoms. The molecule has 1 aromatic carbocycles. The SMILES string of the molecule is CCN1CCC(O)(c2cc(-c3ccc(F)cc3)c3c(n2)C(C)CCC3)CC1. The van der Waals surface area contributed by atoms with Crippen LogP contribution < -0.4 is 0 Å². The van der Waals surface area contributed by atoms with Gasteiger partial charge in [-0.15, -0.1) is 0 Å². The van der Waals surface area contributed by atoms with Crippen molar-refractivity contribution in [2.45, 2.75) is 57.5 Å². The summed E-state index contributed by atoms with van der Waals surface area (Å²) in [7, 11) is 0. The van der Waals surface area contributed by atoms with Crippen molar-refractivity contribution in [2.75, 3.05) is 19.6 Å². The van der Waals surface area contributed by atoms with Crippen molar-refractivity contribution in [1.82, 2.24) is 9.88 Å². The number of fused-ring (bicyclic) bond motifs is 1. The van der Waals surface area contributed by atoms with E-state index in [1.165, 1.54) is 17.7 Å². The van der Waals surface area contributed by atoms with E-state index >= 15 is 0 Å². The van der Waals surface area contributed by atoms with Gasteiger partial charge in [0.25, 0.3) is 0 Å². The molecule has 1 saturated heterocycles. The van der Waals surface area contributed by atoms with Gasteiger partial charge in [-0.1, -0.05) is 26.0 Å². The molecule has 4 rings (SSSR count). The monoisotopic (exact) mass is 368 g/mol. The van der Waals surface area contributed by atoms with Gasteiger partial charge in [0.05, 0.1) is 5.69 Å². The van der Waals surface area contributed by atoms with Crippen LogP contribution >= 0.6 is 0 Å². The number of halogens is 1. The number of pyridine rings is 1. The lowest BCUT2D eigenvalue weighted by Gasteiger charge is -2.38. The zero-order valence-electron chi connectivity index (χ0n) is 16.3. The molecule has 0 bridgehead atoms. The standard InChI is InChI=1S/C23H29FN2O/c1-3-26-13-11-23(27,12-14-26)21-15-20(17-7-9-18(24)10-8-17)19-6-4-5-16(2)22(19)25-21/h7-10,15-16,27H,3-6,11-14H2,1-2H3. The number of piperidine rings is 1. The van der Waals surface area contributed by atoms with E-state index in [4.69, 9.17) is 4.98 Å². The molecular formula is C23H29FN2O. The molecule has 3 nitrogen and oxygen atoms in total. The van der Waals surface area contributed by atoms with Gasteiger partial charge in [-0.3, -0.25) is 4.98 Å². The predicted octanol–water partition coefficient (Wildman–Crippen LogP) is 4.63. The van der Waals surface area contributed by atoms with Crippen LogP contribution in [0, 0.1) is 5.82 Å². The van der Waals surface area contributed by atoms with Crippen LogP contribution in [0.2, 0.25) is 0 Å². The van der Waals surface area contributed by atoms with Crippen LogP contribution in [0.15, 0.2) is 30.3 Å². The number of aromatic nitrogens is 1. The first-order valence-electron chi connectivity index (χ1n) is 10.2. The van der Waals surface area contributed by atoms with Crippen molar-refractivity contribution in [2.24, 2.45) is 0 Å². The maximum absolute atomic E-state index is 13.4. The maximum Gasteiger partial charge on any atom is 0.123 e. The van der Waals surface area contributed by atoms with Crippen LogP contribution in [0.25, 0.3) is 11.1 Å². The summed E-state index contributed by atoms with van der Waals surface area (Å²) in [5.74, 6) is 0.174. The lowest BCUT2D eigenvalue weighted by atomic mass is 9.80. The quantitative estimate of drug-likeness (QED) is 0.858. The number of aliphatic hydroxyl groups is 1. The van der Waals surface area contributed by atoms with Gasteiger partial charge in [0.1, 0.15) is 11.4 Å². The van der Waals surface area contributed by atoms with E-state index in [1.54, 1.807) is 0 Å². The van der Waals surface area contributed by atoms with Crippen LogP contribution in [-0.4, -0.2) is 34.6 Å². The second-order valence-corrected chi connectivity index (χ2v) is 8.18. The lowest BCUT2D eigenvalue weighted by molar-refractivity contribution is -0.0283. The molecule has 0 saturated carbocycles. The molecule has 27 heavy (non-hydrogen) atoms. The van der Waals surface area contributed by atoms with Crippen LogP contribution in [0.5, 0.6) is 0 Å². The Morgan fingerprint density at radius 1 is 1.22 bits per heavy atom. The smallest absolute Gasteiger partial charge is 0.123 e. The van der Waals surface area contributed by atoms with Crippen molar-refractivity contribution < 1.29 is 9.50 Å². The molecule has 2 heterocycles. The fourth-order valence-electron chi connectivity index (χ4n) is 4.60. The summed E-state index contributed by atoms with van der Waals surface area (Å²) < 4.78 is 13.4. The van der Waals surface area contributed by atoms with Crippen molar-refractivity contribution >= 4 is 0 Å². The summed E-state index contributed by atoms with van der Waals surface area (Å²) in [5.41, 5.74) is 4.47. The molecule has 144 valence electrons. The largest absolute Gasteiger partial charge is 0.383 e. The van der Waals surface area contributed by atoms with Crippen molar-refractivity contribution in [3.05, 3.63) is 53.1 Å². The summed E-state index contributed by atoms with van der Waals surface area (Å²) >= 11 is 0. The van der Waals surface area contributed by atoms with Crippen LogP contribution in [0.4, 0.5) is 4.39 Å². The van der Waals surface area contributed by atoms with Gasteiger partial charge in [-0.05, 0) is 79.5 Å². The molecule has 1 N–H and O–H groups in total. The molecule has 2 aliphatic rings. The van der Waals surface area contributed by atoms with Crippen molar-refractivity contribution in [1.29, 1.82) is 0 Å². The Balaban J connectivity index is 1.80. The molecule has 1 atom stereocenters. The first-order valence-corrected chi connectivity index (χ1v) is 10.2. The normalized spacial score (nSPS) is 22.4. The fraction of sp³-hybridized carbons (Fsp3) is 0.522. The lowest BCUT2D eigenvalue weighted by Crippen LogP contribution is -2.43. The summed E-state index contributed by atoms with van der Waals surface area (Å²) in [6.45, 7) is 7.20. The van der Waals surface area contributed by atoms with E-state index in [0.29, 0.717) is 18.8 Å². The van der Waals surface area contributed by atoms with Gasteiger partial charge < -0.3 is 10.0 Å².